The molecule has 2 saturated heterocycles. The number of nitrogens with one attached hydrogen (secondary N) is 2. The molecule has 0 saturated carbocycles. The Kier molecular flexibility index (Phi) is 9.39. The number of halogens is 2. The van der Waals surface area contributed by atoms with Crippen LogP contribution >= 0.6 is 24.8 Å². The number of carbonyl (C=O) groups is 1. The highest BCUT2D eigenvalue weighted by Crippen LogP contribution is 2.29. The maximum Gasteiger partial charge on any atom is 0.221 e. The maximum absolute atomic E-state index is 12.1. The van der Waals surface area contributed by atoms with E-state index < -0.39 is 0 Å². The molecule has 0 aromatic heterocycles. The molecule has 2 N–H and O–H groups in total. The molecule has 142 valence electrons. The molecule has 1 atom stereocenters. The number of carbonyl (C=O) groups excluding carboxylic acids is 1. The molecule has 25 heavy (non-hydrogen) atoms. The normalized spacial score (nSPS) is 20.4. The fourth-order valence-electron chi connectivity index (χ4n) is 3.60. The van der Waals surface area contributed by atoms with Crippen molar-refractivity contribution in [3.05, 3.63) is 24.3 Å². The summed E-state index contributed by atoms with van der Waals surface area (Å²) in [5, 5.41) is 6.59. The lowest BCUT2D eigenvalue weighted by atomic mass is 10.0. The zero-order valence-electron chi connectivity index (χ0n) is 14.7. The first-order valence-corrected chi connectivity index (χ1v) is 8.67. The van der Waals surface area contributed by atoms with E-state index in [1.165, 1.54) is 6.42 Å². The Hall–Kier alpha value is -1.17. The molecule has 3 rings (SSSR count). The van der Waals surface area contributed by atoms with Gasteiger partial charge in [-0.1, -0.05) is 12.1 Å². The molecular weight excluding hydrogens is 361 g/mol. The van der Waals surface area contributed by atoms with Gasteiger partial charge in [0.2, 0.25) is 5.91 Å². The first-order valence-electron chi connectivity index (χ1n) is 8.67. The predicted molar refractivity (Wildman–Crippen MR) is 107 cm³/mol. The van der Waals surface area contributed by atoms with Gasteiger partial charge < -0.3 is 20.3 Å². The molecule has 2 aliphatic heterocycles. The summed E-state index contributed by atoms with van der Waals surface area (Å²) in [7, 11) is 1.71. The molecule has 5 nitrogen and oxygen atoms in total. The lowest BCUT2D eigenvalue weighted by molar-refractivity contribution is -0.122. The largest absolute Gasteiger partial charge is 0.495 e. The molecule has 1 aromatic carbocycles. The minimum atomic E-state index is 0. The Morgan fingerprint density at radius 3 is 2.60 bits per heavy atom. The van der Waals surface area contributed by atoms with Gasteiger partial charge in [-0.25, -0.2) is 0 Å². The molecular formula is C18H29Cl2N3O2. The third kappa shape index (κ3) is 5.94. The van der Waals surface area contributed by atoms with Gasteiger partial charge in [0.05, 0.1) is 12.8 Å². The van der Waals surface area contributed by atoms with Crippen molar-refractivity contribution in [1.82, 2.24) is 10.6 Å². The summed E-state index contributed by atoms with van der Waals surface area (Å²) < 4.78 is 5.45. The fraction of sp³-hybridized carbons (Fsp3) is 0.611. The lowest BCUT2D eigenvalue weighted by Crippen LogP contribution is -2.45. The summed E-state index contributed by atoms with van der Waals surface area (Å²) in [4.78, 5) is 14.5. The number of hydrogen-bond donors (Lipinski definition) is 2. The van der Waals surface area contributed by atoms with Gasteiger partial charge in [-0.2, -0.15) is 0 Å². The molecule has 1 amide bonds. The molecule has 0 radical (unpaired) electrons. The number of benzene rings is 1. The molecule has 0 aliphatic carbocycles. The fourth-order valence-corrected chi connectivity index (χ4v) is 3.60. The Bertz CT molecular complexity index is 531. The Morgan fingerprint density at radius 2 is 1.96 bits per heavy atom. The molecule has 2 heterocycles. The first kappa shape index (κ1) is 21.9. The van der Waals surface area contributed by atoms with E-state index >= 15 is 0 Å². The summed E-state index contributed by atoms with van der Waals surface area (Å²) in [5.74, 6) is 1.11. The second-order valence-electron chi connectivity index (χ2n) is 6.50. The van der Waals surface area contributed by atoms with Crippen LogP contribution < -0.4 is 20.3 Å². The number of amides is 1. The van der Waals surface area contributed by atoms with E-state index in [9.17, 15) is 4.79 Å². The average Bonchev–Trinajstić information content (AvgIpc) is 3.08. The SMILES string of the molecule is COc1ccccc1N1CCC(NC(=O)CC2CCCN2)CC1.Cl.Cl. The number of anilines is 1. The molecule has 2 fully saturated rings. The lowest BCUT2D eigenvalue weighted by Gasteiger charge is -2.34. The van der Waals surface area contributed by atoms with Crippen LogP contribution in [0.4, 0.5) is 5.69 Å². The summed E-state index contributed by atoms with van der Waals surface area (Å²) >= 11 is 0. The minimum absolute atomic E-state index is 0. The van der Waals surface area contributed by atoms with Crippen LogP contribution in [-0.4, -0.2) is 44.7 Å². The zero-order valence-corrected chi connectivity index (χ0v) is 16.3. The smallest absolute Gasteiger partial charge is 0.221 e. The topological polar surface area (TPSA) is 53.6 Å². The van der Waals surface area contributed by atoms with Gasteiger partial charge in [0.1, 0.15) is 5.75 Å². The van der Waals surface area contributed by atoms with Crippen LogP contribution in [0, 0.1) is 0 Å². The zero-order chi connectivity index (χ0) is 16.1. The quantitative estimate of drug-likeness (QED) is 0.812. The van der Waals surface area contributed by atoms with Gasteiger partial charge in [-0.05, 0) is 44.4 Å². The number of rotatable bonds is 5. The standard InChI is InChI=1S/C18H27N3O2.2ClH/c1-23-17-7-3-2-6-16(17)21-11-8-14(9-12-21)20-18(22)13-15-5-4-10-19-15;;/h2-3,6-7,14-15,19H,4-5,8-13H2,1H3,(H,20,22);2*1H. The Labute approximate surface area is 162 Å². The van der Waals surface area contributed by atoms with Crippen molar-refractivity contribution in [2.45, 2.75) is 44.2 Å². The molecule has 0 bridgehead atoms. The van der Waals surface area contributed by atoms with Crippen LogP contribution in [0.5, 0.6) is 5.75 Å². The van der Waals surface area contributed by atoms with E-state index in [0.29, 0.717) is 18.5 Å². The van der Waals surface area contributed by atoms with Crippen LogP contribution in [0.15, 0.2) is 24.3 Å². The van der Waals surface area contributed by atoms with Crippen molar-refractivity contribution < 1.29 is 9.53 Å². The van der Waals surface area contributed by atoms with Gasteiger partial charge >= 0.3 is 0 Å². The summed E-state index contributed by atoms with van der Waals surface area (Å²) in [6.45, 7) is 2.95. The van der Waals surface area contributed by atoms with Crippen molar-refractivity contribution in [3.8, 4) is 5.75 Å². The Balaban J connectivity index is 0.00000156. The summed E-state index contributed by atoms with van der Waals surface area (Å²) in [6.07, 6.45) is 4.91. The third-order valence-electron chi connectivity index (χ3n) is 4.88. The van der Waals surface area contributed by atoms with Gasteiger partial charge in [0, 0.05) is 31.6 Å². The Morgan fingerprint density at radius 1 is 1.24 bits per heavy atom. The second kappa shape index (κ2) is 10.7. The first-order chi connectivity index (χ1) is 11.3. The van der Waals surface area contributed by atoms with E-state index in [-0.39, 0.29) is 30.7 Å². The van der Waals surface area contributed by atoms with E-state index in [2.05, 4.69) is 21.6 Å². The van der Waals surface area contributed by atoms with Crippen molar-refractivity contribution in [1.29, 1.82) is 0 Å². The van der Waals surface area contributed by atoms with Crippen LogP contribution in [0.25, 0.3) is 0 Å². The number of nitrogens with zero attached hydrogens (tertiary/aromatic N) is 1. The van der Waals surface area contributed by atoms with Crippen molar-refractivity contribution in [3.63, 3.8) is 0 Å². The highest BCUT2D eigenvalue weighted by molar-refractivity contribution is 5.85. The van der Waals surface area contributed by atoms with Gasteiger partial charge in [0.15, 0.2) is 0 Å². The number of ether oxygens (including phenoxy) is 1. The highest BCUT2D eigenvalue weighted by Gasteiger charge is 2.24. The van der Waals surface area contributed by atoms with E-state index in [0.717, 1.165) is 50.3 Å². The monoisotopic (exact) mass is 389 g/mol. The van der Waals surface area contributed by atoms with E-state index in [4.69, 9.17) is 4.74 Å². The summed E-state index contributed by atoms with van der Waals surface area (Å²) in [5.41, 5.74) is 1.15. The van der Waals surface area contributed by atoms with Crippen LogP contribution in [0.3, 0.4) is 0 Å². The van der Waals surface area contributed by atoms with Crippen LogP contribution in [0.2, 0.25) is 0 Å². The predicted octanol–water partition coefficient (Wildman–Crippen LogP) is 2.77. The molecule has 1 unspecified atom stereocenters. The molecule has 7 heteroatoms. The highest BCUT2D eigenvalue weighted by atomic mass is 35.5. The minimum Gasteiger partial charge on any atom is -0.495 e. The summed E-state index contributed by atoms with van der Waals surface area (Å²) in [6, 6.07) is 8.81. The molecule has 2 aliphatic rings. The van der Waals surface area contributed by atoms with Gasteiger partial charge in [0.25, 0.3) is 0 Å². The number of hydrogen-bond acceptors (Lipinski definition) is 4. The number of para-hydroxylation sites is 2. The van der Waals surface area contributed by atoms with Crippen LogP contribution in [0.1, 0.15) is 32.1 Å². The molecule has 0 spiro atoms. The average molecular weight is 390 g/mol. The molecule has 1 aromatic rings. The van der Waals surface area contributed by atoms with Gasteiger partial charge in [-0.15, -0.1) is 24.8 Å². The van der Waals surface area contributed by atoms with E-state index in [1.54, 1.807) is 7.11 Å². The van der Waals surface area contributed by atoms with Crippen LogP contribution in [-0.2, 0) is 4.79 Å². The van der Waals surface area contributed by atoms with Crippen molar-refractivity contribution >= 4 is 36.4 Å². The van der Waals surface area contributed by atoms with E-state index in [1.807, 2.05) is 18.2 Å². The maximum atomic E-state index is 12.1. The van der Waals surface area contributed by atoms with Crippen molar-refractivity contribution in [2.75, 3.05) is 31.6 Å². The third-order valence-corrected chi connectivity index (χ3v) is 4.88. The number of piperidine rings is 1. The van der Waals surface area contributed by atoms with Gasteiger partial charge in [-0.3, -0.25) is 4.79 Å². The number of methoxy groups -OCH3 is 1. The second-order valence-corrected chi connectivity index (χ2v) is 6.50. The van der Waals surface area contributed by atoms with Crippen molar-refractivity contribution in [2.24, 2.45) is 0 Å².